The molecule has 2 aromatic carbocycles. The number of hydrogen-bond acceptors (Lipinski definition) is 3. The molecule has 1 amide bonds. The monoisotopic (exact) mass is 320 g/mol. The zero-order valence-electron chi connectivity index (χ0n) is 12.6. The van der Waals surface area contributed by atoms with Crippen molar-refractivity contribution in [1.29, 1.82) is 0 Å². The van der Waals surface area contributed by atoms with E-state index in [1.165, 1.54) is 16.0 Å². The summed E-state index contributed by atoms with van der Waals surface area (Å²) in [6.45, 7) is 0. The Morgan fingerprint density at radius 3 is 2.61 bits per heavy atom. The first kappa shape index (κ1) is 14.2. The van der Waals surface area contributed by atoms with E-state index in [-0.39, 0.29) is 0 Å². The van der Waals surface area contributed by atoms with Crippen LogP contribution in [0.5, 0.6) is 0 Å². The van der Waals surface area contributed by atoms with Crippen molar-refractivity contribution in [3.05, 3.63) is 64.5 Å². The number of rotatable bonds is 2. The van der Waals surface area contributed by atoms with Crippen LogP contribution in [-0.2, 0) is 12.8 Å². The van der Waals surface area contributed by atoms with Crippen LogP contribution in [0.2, 0.25) is 0 Å². The quantitative estimate of drug-likeness (QED) is 0.774. The van der Waals surface area contributed by atoms with E-state index in [0.717, 1.165) is 35.5 Å². The van der Waals surface area contributed by atoms with Gasteiger partial charge in [-0.05, 0) is 37.0 Å². The van der Waals surface area contributed by atoms with Crippen LogP contribution < -0.4 is 5.73 Å². The molecule has 4 heteroatoms. The largest absolute Gasteiger partial charge is 0.366 e. The van der Waals surface area contributed by atoms with Gasteiger partial charge in [-0.15, -0.1) is 11.3 Å². The van der Waals surface area contributed by atoms with Gasteiger partial charge in [0, 0.05) is 21.6 Å². The first-order valence-electron chi connectivity index (χ1n) is 7.70. The predicted molar refractivity (Wildman–Crippen MR) is 93.5 cm³/mol. The first-order chi connectivity index (χ1) is 11.2. The fraction of sp³-hybridized carbons (Fsp3) is 0.158. The van der Waals surface area contributed by atoms with Crippen LogP contribution in [0.15, 0.2) is 48.5 Å². The third-order valence-corrected chi connectivity index (χ3v) is 5.40. The van der Waals surface area contributed by atoms with Gasteiger partial charge in [0.15, 0.2) is 0 Å². The second-order valence-corrected chi connectivity index (χ2v) is 6.83. The van der Waals surface area contributed by atoms with E-state index < -0.39 is 5.91 Å². The van der Waals surface area contributed by atoms with Crippen molar-refractivity contribution in [2.75, 3.05) is 0 Å². The van der Waals surface area contributed by atoms with Crippen molar-refractivity contribution in [2.45, 2.75) is 19.3 Å². The van der Waals surface area contributed by atoms with E-state index in [9.17, 15) is 4.79 Å². The van der Waals surface area contributed by atoms with Crippen LogP contribution in [-0.4, -0.2) is 10.9 Å². The number of benzene rings is 2. The molecule has 4 rings (SSSR count). The lowest BCUT2D eigenvalue weighted by atomic mass is 10.0. The number of fused-ring (bicyclic) bond motifs is 3. The molecule has 0 saturated carbocycles. The van der Waals surface area contributed by atoms with Crippen LogP contribution in [0.1, 0.15) is 27.2 Å². The topological polar surface area (TPSA) is 56.0 Å². The molecule has 0 radical (unpaired) electrons. The standard InChI is InChI=1S/C19H16N2OS/c20-18(22)13-8-10-14(11-9-13)19-21-17-15-6-2-1-4-12(15)5-3-7-16(17)23-19/h1-2,4,6,8-11H,3,5,7H2,(H2,20,22). The number of nitrogens with zero attached hydrogens (tertiary/aromatic N) is 1. The molecule has 0 aliphatic heterocycles. The average molecular weight is 320 g/mol. The highest BCUT2D eigenvalue weighted by Crippen LogP contribution is 2.38. The summed E-state index contributed by atoms with van der Waals surface area (Å²) in [6, 6.07) is 15.9. The molecule has 3 aromatic rings. The van der Waals surface area contributed by atoms with E-state index in [0.29, 0.717) is 5.56 Å². The minimum Gasteiger partial charge on any atom is -0.366 e. The third kappa shape index (κ3) is 2.55. The van der Waals surface area contributed by atoms with E-state index in [1.807, 2.05) is 12.1 Å². The summed E-state index contributed by atoms with van der Waals surface area (Å²) in [5, 5.41) is 1.00. The van der Waals surface area contributed by atoms with Gasteiger partial charge in [-0.1, -0.05) is 36.4 Å². The summed E-state index contributed by atoms with van der Waals surface area (Å²) in [7, 11) is 0. The lowest BCUT2D eigenvalue weighted by molar-refractivity contribution is 0.100. The van der Waals surface area contributed by atoms with Gasteiger partial charge in [-0.2, -0.15) is 0 Å². The maximum Gasteiger partial charge on any atom is 0.248 e. The van der Waals surface area contributed by atoms with Crippen molar-refractivity contribution in [3.8, 4) is 21.8 Å². The van der Waals surface area contributed by atoms with Crippen LogP contribution >= 0.6 is 11.3 Å². The highest BCUT2D eigenvalue weighted by atomic mass is 32.1. The molecule has 23 heavy (non-hydrogen) atoms. The summed E-state index contributed by atoms with van der Waals surface area (Å²) in [5.74, 6) is -0.402. The van der Waals surface area contributed by atoms with E-state index in [4.69, 9.17) is 10.7 Å². The Bertz CT molecular complexity index is 881. The smallest absolute Gasteiger partial charge is 0.248 e. The highest BCUT2D eigenvalue weighted by Gasteiger charge is 2.19. The lowest BCUT2D eigenvalue weighted by Crippen LogP contribution is -2.10. The zero-order valence-corrected chi connectivity index (χ0v) is 13.4. The second kappa shape index (κ2) is 5.63. The number of nitrogens with two attached hydrogens (primary N) is 1. The molecule has 1 heterocycles. The van der Waals surface area contributed by atoms with Crippen molar-refractivity contribution < 1.29 is 4.79 Å². The fourth-order valence-electron chi connectivity index (χ4n) is 3.04. The summed E-state index contributed by atoms with van der Waals surface area (Å²) in [6.07, 6.45) is 3.34. The molecule has 1 aromatic heterocycles. The molecule has 1 aliphatic rings. The molecule has 0 atom stereocenters. The van der Waals surface area contributed by atoms with Crippen LogP contribution in [0.3, 0.4) is 0 Å². The first-order valence-corrected chi connectivity index (χ1v) is 8.52. The Labute approximate surface area is 138 Å². The maximum absolute atomic E-state index is 11.2. The molecule has 0 spiro atoms. The number of amides is 1. The van der Waals surface area contributed by atoms with Gasteiger partial charge in [0.1, 0.15) is 5.01 Å². The Balaban J connectivity index is 1.79. The second-order valence-electron chi connectivity index (χ2n) is 5.74. The third-order valence-electron chi connectivity index (χ3n) is 4.24. The number of carbonyl (C=O) groups is 1. The Hall–Kier alpha value is -2.46. The normalized spacial score (nSPS) is 13.0. The van der Waals surface area contributed by atoms with Crippen LogP contribution in [0.4, 0.5) is 0 Å². The molecular formula is C19H16N2OS. The van der Waals surface area contributed by atoms with Gasteiger partial charge < -0.3 is 5.73 Å². The maximum atomic E-state index is 11.2. The van der Waals surface area contributed by atoms with Crippen LogP contribution in [0, 0.1) is 0 Å². The van der Waals surface area contributed by atoms with Gasteiger partial charge >= 0.3 is 0 Å². The number of hydrogen-bond donors (Lipinski definition) is 1. The molecule has 114 valence electrons. The number of primary amides is 1. The Morgan fingerprint density at radius 1 is 1.04 bits per heavy atom. The number of thiazole rings is 1. The minimum atomic E-state index is -0.402. The molecule has 3 nitrogen and oxygen atoms in total. The molecule has 1 aliphatic carbocycles. The number of aromatic nitrogens is 1. The van der Waals surface area contributed by atoms with Gasteiger partial charge in [0.2, 0.25) is 5.91 Å². The molecule has 2 N–H and O–H groups in total. The van der Waals surface area contributed by atoms with Crippen molar-refractivity contribution in [3.63, 3.8) is 0 Å². The average Bonchev–Trinajstić information content (AvgIpc) is 2.92. The van der Waals surface area contributed by atoms with Crippen LogP contribution in [0.25, 0.3) is 21.8 Å². The Morgan fingerprint density at radius 2 is 1.83 bits per heavy atom. The zero-order chi connectivity index (χ0) is 15.8. The lowest BCUT2D eigenvalue weighted by Gasteiger charge is -2.04. The van der Waals surface area contributed by atoms with E-state index in [2.05, 4.69) is 24.3 Å². The predicted octanol–water partition coefficient (Wildman–Crippen LogP) is 4.06. The minimum absolute atomic E-state index is 0.402. The SMILES string of the molecule is NC(=O)c1ccc(-c2nc3c(s2)CCCc2ccccc2-3)cc1. The summed E-state index contributed by atoms with van der Waals surface area (Å²) in [4.78, 5) is 17.4. The molecule has 0 saturated heterocycles. The molecule has 0 unspecified atom stereocenters. The fourth-order valence-corrected chi connectivity index (χ4v) is 4.16. The van der Waals surface area contributed by atoms with Crippen molar-refractivity contribution >= 4 is 17.2 Å². The molecular weight excluding hydrogens is 304 g/mol. The highest BCUT2D eigenvalue weighted by molar-refractivity contribution is 7.15. The van der Waals surface area contributed by atoms with Gasteiger partial charge in [0.05, 0.1) is 5.69 Å². The van der Waals surface area contributed by atoms with Gasteiger partial charge in [0.25, 0.3) is 0 Å². The van der Waals surface area contributed by atoms with Gasteiger partial charge in [-0.3, -0.25) is 4.79 Å². The van der Waals surface area contributed by atoms with Gasteiger partial charge in [-0.25, -0.2) is 4.98 Å². The molecule has 0 fully saturated rings. The van der Waals surface area contributed by atoms with E-state index >= 15 is 0 Å². The summed E-state index contributed by atoms with van der Waals surface area (Å²) >= 11 is 1.75. The van der Waals surface area contributed by atoms with Crippen molar-refractivity contribution in [2.24, 2.45) is 5.73 Å². The van der Waals surface area contributed by atoms with E-state index in [1.54, 1.807) is 23.5 Å². The summed E-state index contributed by atoms with van der Waals surface area (Å²) < 4.78 is 0. The van der Waals surface area contributed by atoms with Crippen molar-refractivity contribution in [1.82, 2.24) is 4.98 Å². The Kier molecular flexibility index (Phi) is 3.46. The number of aryl methyl sites for hydroxylation is 2. The molecule has 0 bridgehead atoms. The summed E-state index contributed by atoms with van der Waals surface area (Å²) in [5.41, 5.74) is 10.6. The number of carbonyl (C=O) groups excluding carboxylic acids is 1.